The maximum atomic E-state index is 13.5. The summed E-state index contributed by atoms with van der Waals surface area (Å²) in [5.74, 6) is 1.06. The molecule has 3 unspecified atom stereocenters. The number of ether oxygens (including phenoxy) is 2. The van der Waals surface area contributed by atoms with Crippen LogP contribution in [0.15, 0.2) is 24.3 Å². The van der Waals surface area contributed by atoms with E-state index in [0.29, 0.717) is 25.0 Å². The standard InChI is InChI=1S/C18H26FO3/c1-3-21-12-17(19)18(20)22-9-8-15-11-13(2)10-14-6-4-5-7-16(14)15/h4-7,13,15,18,20H,3,8-12H2,1-2H3/q+1. The summed E-state index contributed by atoms with van der Waals surface area (Å²) >= 11 is 0. The predicted molar refractivity (Wildman–Crippen MR) is 84.1 cm³/mol. The van der Waals surface area contributed by atoms with Crippen molar-refractivity contribution in [1.82, 2.24) is 0 Å². The lowest BCUT2D eigenvalue weighted by Crippen LogP contribution is -2.24. The maximum absolute atomic E-state index is 13.5. The third kappa shape index (κ3) is 4.70. The van der Waals surface area contributed by atoms with Gasteiger partial charge in [0, 0.05) is 11.0 Å². The van der Waals surface area contributed by atoms with Gasteiger partial charge in [-0.3, -0.25) is 0 Å². The molecule has 1 aliphatic carbocycles. The van der Waals surface area contributed by atoms with Crippen molar-refractivity contribution in [3.63, 3.8) is 0 Å². The Bertz CT molecular complexity index is 452. The highest BCUT2D eigenvalue weighted by Crippen LogP contribution is 2.36. The van der Waals surface area contributed by atoms with Gasteiger partial charge in [-0.05, 0) is 49.1 Å². The van der Waals surface area contributed by atoms with Gasteiger partial charge in [0.1, 0.15) is 0 Å². The highest BCUT2D eigenvalue weighted by molar-refractivity contribution is 5.33. The molecular weight excluding hydrogens is 283 g/mol. The Morgan fingerprint density at radius 2 is 2.18 bits per heavy atom. The zero-order chi connectivity index (χ0) is 15.9. The average Bonchev–Trinajstić information content (AvgIpc) is 2.52. The molecule has 22 heavy (non-hydrogen) atoms. The van der Waals surface area contributed by atoms with Crippen molar-refractivity contribution >= 4 is 0 Å². The fraction of sp³-hybridized carbons (Fsp3) is 0.611. The van der Waals surface area contributed by atoms with Gasteiger partial charge in [-0.15, -0.1) is 0 Å². The quantitative estimate of drug-likeness (QED) is 0.589. The van der Waals surface area contributed by atoms with E-state index in [1.54, 1.807) is 6.92 Å². The lowest BCUT2D eigenvalue weighted by Gasteiger charge is -2.29. The first-order chi connectivity index (χ1) is 10.6. The van der Waals surface area contributed by atoms with Crippen molar-refractivity contribution in [2.45, 2.75) is 45.3 Å². The number of halogens is 1. The fourth-order valence-electron chi connectivity index (χ4n) is 3.15. The van der Waals surface area contributed by atoms with E-state index in [4.69, 9.17) is 9.47 Å². The minimum atomic E-state index is -1.48. The van der Waals surface area contributed by atoms with Crippen LogP contribution in [0.25, 0.3) is 0 Å². The zero-order valence-corrected chi connectivity index (χ0v) is 13.4. The Labute approximate surface area is 132 Å². The predicted octanol–water partition coefficient (Wildman–Crippen LogP) is 3.62. The van der Waals surface area contributed by atoms with Crippen LogP contribution in [0.5, 0.6) is 0 Å². The first kappa shape index (κ1) is 17.3. The van der Waals surface area contributed by atoms with E-state index in [1.165, 1.54) is 11.1 Å². The number of rotatable bonds is 8. The third-order valence-electron chi connectivity index (χ3n) is 4.20. The van der Waals surface area contributed by atoms with E-state index < -0.39 is 12.5 Å². The van der Waals surface area contributed by atoms with Crippen molar-refractivity contribution < 1.29 is 19.0 Å². The molecule has 0 amide bonds. The summed E-state index contributed by atoms with van der Waals surface area (Å²) < 4.78 is 23.6. The molecule has 0 aliphatic heterocycles. The van der Waals surface area contributed by atoms with Crippen LogP contribution in [0.2, 0.25) is 0 Å². The van der Waals surface area contributed by atoms with E-state index in [2.05, 4.69) is 31.2 Å². The molecule has 0 spiro atoms. The van der Waals surface area contributed by atoms with Crippen LogP contribution < -0.4 is 0 Å². The second-order valence-corrected chi connectivity index (χ2v) is 6.04. The zero-order valence-electron chi connectivity index (χ0n) is 13.4. The molecule has 4 heteroatoms. The first-order valence-electron chi connectivity index (χ1n) is 8.08. The molecule has 3 nitrogen and oxygen atoms in total. The van der Waals surface area contributed by atoms with Crippen LogP contribution in [0, 0.1) is 12.1 Å². The molecule has 1 aliphatic rings. The van der Waals surface area contributed by atoms with Gasteiger partial charge in [0.15, 0.2) is 0 Å². The van der Waals surface area contributed by atoms with Crippen LogP contribution >= 0.6 is 0 Å². The second-order valence-electron chi connectivity index (χ2n) is 6.04. The summed E-state index contributed by atoms with van der Waals surface area (Å²) in [4.78, 5) is 0. The number of hydrogen-bond donors (Lipinski definition) is 1. The average molecular weight is 309 g/mol. The van der Waals surface area contributed by atoms with Gasteiger partial charge in [0.25, 0.3) is 0 Å². The summed E-state index contributed by atoms with van der Waals surface area (Å²) in [5.41, 5.74) is 2.78. The summed E-state index contributed by atoms with van der Waals surface area (Å²) in [6, 6.07) is 8.49. The van der Waals surface area contributed by atoms with Crippen LogP contribution in [0.3, 0.4) is 0 Å². The summed E-state index contributed by atoms with van der Waals surface area (Å²) in [6.07, 6.45) is 0.872. The largest absolute Gasteiger partial charge is 0.386 e. The number of aliphatic hydroxyl groups is 1. The van der Waals surface area contributed by atoms with Crippen LogP contribution in [-0.4, -0.2) is 31.2 Å². The number of fused-ring (bicyclic) bond motifs is 1. The Balaban J connectivity index is 1.82. The van der Waals surface area contributed by atoms with Crippen molar-refractivity contribution in [3.8, 4) is 0 Å². The minimum Gasteiger partial charge on any atom is -0.337 e. The second kappa shape index (κ2) is 8.51. The Morgan fingerprint density at radius 1 is 1.41 bits per heavy atom. The molecule has 3 atom stereocenters. The Kier molecular flexibility index (Phi) is 6.68. The molecule has 0 fully saturated rings. The molecule has 0 heterocycles. The van der Waals surface area contributed by atoms with Crippen molar-refractivity contribution in [3.05, 3.63) is 41.6 Å². The maximum Gasteiger partial charge on any atom is 0.386 e. The van der Waals surface area contributed by atoms with E-state index >= 15 is 0 Å². The van der Waals surface area contributed by atoms with Crippen molar-refractivity contribution in [1.29, 1.82) is 0 Å². The molecule has 0 bridgehead atoms. The summed E-state index contributed by atoms with van der Waals surface area (Å²) in [6.45, 7) is 4.58. The molecule has 2 rings (SSSR count). The van der Waals surface area contributed by atoms with Gasteiger partial charge < -0.3 is 14.6 Å². The Morgan fingerprint density at radius 3 is 2.95 bits per heavy atom. The molecule has 122 valence electrons. The molecule has 1 N–H and O–H groups in total. The normalized spacial score (nSPS) is 22.2. The molecule has 0 aromatic heterocycles. The van der Waals surface area contributed by atoms with Crippen LogP contribution in [0.1, 0.15) is 43.7 Å². The van der Waals surface area contributed by atoms with Gasteiger partial charge in [-0.25, -0.2) is 0 Å². The summed E-state index contributed by atoms with van der Waals surface area (Å²) in [5, 5.41) is 9.61. The molecular formula is C18H26FO3+. The van der Waals surface area contributed by atoms with Gasteiger partial charge in [-0.1, -0.05) is 31.2 Å². The SMILES string of the molecule is CCOC[C+](F)C(O)OCCC1CC(C)Cc2ccccc21. The first-order valence-corrected chi connectivity index (χ1v) is 8.08. The third-order valence-corrected chi connectivity index (χ3v) is 4.20. The van der Waals surface area contributed by atoms with Crippen LogP contribution in [0.4, 0.5) is 4.39 Å². The number of benzene rings is 1. The highest BCUT2D eigenvalue weighted by Gasteiger charge is 2.34. The number of aliphatic hydroxyl groups excluding tert-OH is 1. The van der Waals surface area contributed by atoms with E-state index in [0.717, 1.165) is 19.3 Å². The smallest absolute Gasteiger partial charge is 0.337 e. The van der Waals surface area contributed by atoms with Gasteiger partial charge in [-0.2, -0.15) is 0 Å². The summed E-state index contributed by atoms with van der Waals surface area (Å²) in [7, 11) is 0. The minimum absolute atomic E-state index is 0.207. The van der Waals surface area contributed by atoms with E-state index in [1.807, 2.05) is 0 Å². The van der Waals surface area contributed by atoms with Crippen molar-refractivity contribution in [2.75, 3.05) is 19.8 Å². The highest BCUT2D eigenvalue weighted by atomic mass is 19.1. The van der Waals surface area contributed by atoms with Crippen LogP contribution in [-0.2, 0) is 15.9 Å². The van der Waals surface area contributed by atoms with Gasteiger partial charge in [0.05, 0.1) is 6.61 Å². The van der Waals surface area contributed by atoms with Crippen molar-refractivity contribution in [2.24, 2.45) is 5.92 Å². The molecule has 0 saturated carbocycles. The molecule has 1 aromatic rings. The molecule has 0 radical (unpaired) electrons. The molecule has 1 aromatic carbocycles. The lowest BCUT2D eigenvalue weighted by atomic mass is 9.76. The fourth-order valence-corrected chi connectivity index (χ4v) is 3.15. The molecule has 0 saturated heterocycles. The topological polar surface area (TPSA) is 38.7 Å². The Hall–Kier alpha value is -1.10. The number of hydrogen-bond acceptors (Lipinski definition) is 3. The van der Waals surface area contributed by atoms with Gasteiger partial charge in [0.2, 0.25) is 6.61 Å². The van der Waals surface area contributed by atoms with E-state index in [9.17, 15) is 9.50 Å². The van der Waals surface area contributed by atoms with E-state index in [-0.39, 0.29) is 6.61 Å². The van der Waals surface area contributed by atoms with Gasteiger partial charge >= 0.3 is 12.5 Å². The monoisotopic (exact) mass is 309 g/mol. The lowest BCUT2D eigenvalue weighted by molar-refractivity contribution is -0.118.